The molecule has 12 rings (SSSR count). The average Bonchev–Trinajstić information content (AvgIpc) is 1.48. The van der Waals surface area contributed by atoms with Crippen LogP contribution in [-0.2, 0) is 0 Å². The second kappa shape index (κ2) is 12.6. The lowest BCUT2D eigenvalue weighted by molar-refractivity contribution is 0.669. The molecule has 8 aromatic carbocycles. The molecule has 0 N–H and O–H groups in total. The van der Waals surface area contributed by atoms with Gasteiger partial charge in [0.1, 0.15) is 22.3 Å². The minimum atomic E-state index is -0.966. The first-order valence-corrected chi connectivity index (χ1v) is 17.4. The van der Waals surface area contributed by atoms with Crippen LogP contribution < -0.4 is 0 Å². The Kier molecular flexibility index (Phi) is 3.22. The van der Waals surface area contributed by atoms with E-state index in [-0.39, 0.29) is 25.6 Å². The van der Waals surface area contributed by atoms with Crippen molar-refractivity contribution >= 4 is 75.4 Å². The van der Waals surface area contributed by atoms with Crippen LogP contribution in [0.2, 0.25) is 0 Å². The molecule has 0 fully saturated rings. The molecule has 5 nitrogen and oxygen atoms in total. The Hall–Kier alpha value is -7.41. The molecule has 0 unspecified atom stereocenters. The van der Waals surface area contributed by atoms with Crippen molar-refractivity contribution in [2.45, 2.75) is 0 Å². The van der Waals surface area contributed by atoms with E-state index >= 15 is 0 Å². The van der Waals surface area contributed by atoms with Crippen molar-refractivity contribution in [1.82, 2.24) is 15.0 Å². The normalized spacial score (nSPS) is 19.0. The number of fused-ring (bicyclic) bond motifs is 9. The van der Waals surface area contributed by atoms with Gasteiger partial charge in [-0.3, -0.25) is 0 Å². The zero-order valence-electron chi connectivity index (χ0n) is 57.1. The number of hydrogen-bond acceptors (Lipinski definition) is 6. The molecule has 0 aliphatic carbocycles. The molecule has 0 saturated carbocycles. The van der Waals surface area contributed by atoms with E-state index in [1.165, 1.54) is 0 Å². The maximum atomic E-state index is 10.1. The predicted molar refractivity (Wildman–Crippen MR) is 234 cm³/mol. The molecule has 266 valence electrons. The first-order chi connectivity index (χ1) is 40.3. The number of furan rings is 2. The predicted octanol–water partition coefficient (Wildman–Crippen LogP) is 14.4. The van der Waals surface area contributed by atoms with E-state index in [0.717, 1.165) is 0 Å². The lowest BCUT2D eigenvalue weighted by atomic mass is 9.93. The van der Waals surface area contributed by atoms with Gasteiger partial charge in [-0.2, -0.15) is 0 Å². The van der Waals surface area contributed by atoms with Crippen LogP contribution in [0.25, 0.3) is 120 Å². The molecule has 0 aliphatic rings. The Morgan fingerprint density at radius 3 is 1.75 bits per heavy atom. The third kappa shape index (κ3) is 5.19. The van der Waals surface area contributed by atoms with Crippen molar-refractivity contribution in [3.63, 3.8) is 0 Å². The summed E-state index contributed by atoms with van der Waals surface area (Å²) in [4.78, 5) is 12.9. The van der Waals surface area contributed by atoms with Crippen LogP contribution in [0.4, 0.5) is 0 Å². The monoisotopic (exact) mass is 776 g/mol. The minimum absolute atomic E-state index is 0.197. The van der Waals surface area contributed by atoms with Gasteiger partial charge in [0.2, 0.25) is 0 Å². The lowest BCUT2D eigenvalue weighted by Crippen LogP contribution is -2.00. The van der Waals surface area contributed by atoms with E-state index in [2.05, 4.69) is 15.0 Å². The second-order valence-electron chi connectivity index (χ2n) is 12.1. The van der Waals surface area contributed by atoms with Gasteiger partial charge in [0, 0.05) is 52.8 Å². The number of aromatic nitrogens is 3. The number of rotatable bonds is 5. The van der Waals surface area contributed by atoms with Crippen molar-refractivity contribution < 1.29 is 48.6 Å². The first-order valence-electron chi connectivity index (χ1n) is 31.1. The smallest absolute Gasteiger partial charge is 0.167 e. The van der Waals surface area contributed by atoms with Crippen molar-refractivity contribution in [3.05, 3.63) is 175 Å². The standard InChI is InChI=1S/C51H29N3O2S/c1-3-12-30(13-4-1)49-52-50(31-14-5-2-6-15-31)54-51(53-49)40-19-11-18-38-37-24-22-32(27-44(37)56-48(38)40)34-26-41(47-39-17-8-10-21-45(39)57-46(47)29-34)33-23-25-36-35-16-7-9-20-42(35)55-43(36)28-33/h1-29H/i1D,2D,3D,4D,5D,6D,7D,8D,9D,10D,11D,12D,13D,14D,15D,16D,17D,18D,19D,20D,21D,22D,23D,24D,25D,26D,27D,28D,29D. The Balaban J connectivity index is 1.21. The molecular weight excluding hydrogens is 719 g/mol. The minimum Gasteiger partial charge on any atom is -0.456 e. The van der Waals surface area contributed by atoms with Gasteiger partial charge >= 0.3 is 0 Å². The number of nitrogens with zero attached hydrogens (tertiary/aromatic N) is 3. The zero-order chi connectivity index (χ0) is 62.7. The summed E-state index contributed by atoms with van der Waals surface area (Å²) < 4.78 is 271. The van der Waals surface area contributed by atoms with E-state index in [1.54, 1.807) is 0 Å². The van der Waals surface area contributed by atoms with Gasteiger partial charge < -0.3 is 8.83 Å². The SMILES string of the molecule is [2H]c1c([2H])c([2H])c(-c2nc(-c3c([2H])c([2H])c([2H])c([2H])c3[2H])nc(-c3c([2H])c([2H])c([2H])c4c3oc3c([2H])c(-c5c([2H])c(-c6c([2H])c([2H])c7c(oc8c([2H])c([2H])c([2H])c([2H])c87)c6[2H])c6c(sc7c([2H])c([2H])c([2H])c([2H])c76)c5[2H])c([2H])c([2H])c34)n2)c([2H])c1[2H]. The van der Waals surface area contributed by atoms with Gasteiger partial charge in [0.05, 0.1) is 45.3 Å². The molecule has 0 bridgehead atoms. The fraction of sp³-hybridized carbons (Fsp3) is 0. The van der Waals surface area contributed by atoms with Gasteiger partial charge in [0.25, 0.3) is 0 Å². The highest BCUT2D eigenvalue weighted by Crippen LogP contribution is 2.45. The number of benzene rings is 8. The van der Waals surface area contributed by atoms with E-state index in [9.17, 15) is 13.7 Å². The third-order valence-electron chi connectivity index (χ3n) is 8.83. The van der Waals surface area contributed by atoms with Crippen LogP contribution in [0.15, 0.2) is 184 Å². The Bertz CT molecular complexity index is 5100. The summed E-state index contributed by atoms with van der Waals surface area (Å²) in [6.45, 7) is 0. The molecule has 6 heteroatoms. The van der Waals surface area contributed by atoms with Crippen molar-refractivity contribution in [3.8, 4) is 56.4 Å². The maximum Gasteiger partial charge on any atom is 0.167 e. The summed E-state index contributed by atoms with van der Waals surface area (Å²) >= 11 is 0.592. The van der Waals surface area contributed by atoms with E-state index in [4.69, 9.17) is 34.9 Å². The third-order valence-corrected chi connectivity index (χ3v) is 9.85. The van der Waals surface area contributed by atoms with E-state index in [1.807, 2.05) is 0 Å². The van der Waals surface area contributed by atoms with Gasteiger partial charge in [-0.05, 0) is 76.6 Å². The fourth-order valence-corrected chi connectivity index (χ4v) is 7.37. The van der Waals surface area contributed by atoms with Crippen LogP contribution >= 0.6 is 11.3 Å². The van der Waals surface area contributed by atoms with Crippen molar-refractivity contribution in [2.24, 2.45) is 0 Å². The molecule has 0 amide bonds. The summed E-state index contributed by atoms with van der Waals surface area (Å²) in [7, 11) is 0. The van der Waals surface area contributed by atoms with Crippen LogP contribution in [0, 0.1) is 0 Å². The second-order valence-corrected chi connectivity index (χ2v) is 13.1. The summed E-state index contributed by atoms with van der Waals surface area (Å²) in [5.74, 6) is -2.39. The highest BCUT2D eigenvalue weighted by Gasteiger charge is 2.20. The Morgan fingerprint density at radius 1 is 0.368 bits per heavy atom. The molecule has 12 aromatic rings. The highest BCUT2D eigenvalue weighted by atomic mass is 32.1. The van der Waals surface area contributed by atoms with Gasteiger partial charge in [-0.15, -0.1) is 11.3 Å². The molecule has 4 aromatic heterocycles. The largest absolute Gasteiger partial charge is 0.456 e. The maximum absolute atomic E-state index is 10.1. The van der Waals surface area contributed by atoms with E-state index < -0.39 is 270 Å². The summed E-state index contributed by atoms with van der Waals surface area (Å²) in [6, 6.07) is -24.0. The summed E-state index contributed by atoms with van der Waals surface area (Å²) in [5.41, 5.74) is -7.31. The Morgan fingerprint density at radius 2 is 0.965 bits per heavy atom. The molecule has 4 heterocycles. The molecular formula is C51H29N3O2S. The fourth-order valence-electron chi connectivity index (χ4n) is 6.35. The van der Waals surface area contributed by atoms with Crippen LogP contribution in [0.5, 0.6) is 0 Å². The van der Waals surface area contributed by atoms with Gasteiger partial charge in [-0.1, -0.05) is 121 Å². The first kappa shape index (κ1) is 14.6. The number of para-hydroxylation sites is 2. The molecule has 0 saturated heterocycles. The van der Waals surface area contributed by atoms with Gasteiger partial charge in [0.15, 0.2) is 17.5 Å². The van der Waals surface area contributed by atoms with Crippen molar-refractivity contribution in [1.29, 1.82) is 0 Å². The summed E-state index contributed by atoms with van der Waals surface area (Å²) in [6.07, 6.45) is 0. The van der Waals surface area contributed by atoms with Crippen LogP contribution in [-0.4, -0.2) is 15.0 Å². The molecule has 57 heavy (non-hydrogen) atoms. The molecule has 0 atom stereocenters. The highest BCUT2D eigenvalue weighted by molar-refractivity contribution is 7.26. The molecule has 0 spiro atoms. The Labute approximate surface area is 370 Å². The van der Waals surface area contributed by atoms with Crippen molar-refractivity contribution in [2.75, 3.05) is 0 Å². The number of thiophene rings is 1. The van der Waals surface area contributed by atoms with Crippen LogP contribution in [0.1, 0.15) is 39.8 Å². The lowest BCUT2D eigenvalue weighted by Gasteiger charge is -2.10. The van der Waals surface area contributed by atoms with Crippen LogP contribution in [0.3, 0.4) is 0 Å². The topological polar surface area (TPSA) is 65.0 Å². The summed E-state index contributed by atoms with van der Waals surface area (Å²) in [5, 5.41) is -2.50. The molecule has 0 aliphatic heterocycles. The van der Waals surface area contributed by atoms with Gasteiger partial charge in [-0.25, -0.2) is 15.0 Å². The molecule has 0 radical (unpaired) electrons. The number of hydrogen-bond donors (Lipinski definition) is 0. The quantitative estimate of drug-likeness (QED) is 0.174. The van der Waals surface area contributed by atoms with E-state index in [0.29, 0.717) is 11.3 Å². The zero-order valence-corrected chi connectivity index (χ0v) is 28.9. The average molecular weight is 777 g/mol.